The van der Waals surface area contributed by atoms with E-state index in [2.05, 4.69) is 31.0 Å². The lowest BCUT2D eigenvalue weighted by atomic mass is 9.80. The maximum absolute atomic E-state index is 5.84. The third kappa shape index (κ3) is 3.67. The molecule has 1 heterocycles. The summed E-state index contributed by atoms with van der Waals surface area (Å²) in [5, 5.41) is 3.66. The standard InChI is InChI=1S/C14H28N2O/c1-11(2)16-7-8-17-14(10-16)9-15-12(3)13-5-4-6-13/h11-15H,4-10H2,1-3H3. The largest absolute Gasteiger partial charge is 0.374 e. The van der Waals surface area contributed by atoms with Crippen molar-refractivity contribution in [3.8, 4) is 0 Å². The summed E-state index contributed by atoms with van der Waals surface area (Å²) >= 11 is 0. The first-order valence-corrected chi connectivity index (χ1v) is 7.26. The molecule has 2 atom stereocenters. The molecule has 1 N–H and O–H groups in total. The van der Waals surface area contributed by atoms with E-state index in [-0.39, 0.29) is 0 Å². The van der Waals surface area contributed by atoms with Crippen LogP contribution < -0.4 is 5.32 Å². The molecule has 2 aliphatic rings. The van der Waals surface area contributed by atoms with Crippen LogP contribution in [0.25, 0.3) is 0 Å². The molecule has 0 amide bonds. The summed E-state index contributed by atoms with van der Waals surface area (Å²) in [6.45, 7) is 10.9. The van der Waals surface area contributed by atoms with Crippen molar-refractivity contribution >= 4 is 0 Å². The van der Waals surface area contributed by atoms with Crippen molar-refractivity contribution in [1.29, 1.82) is 0 Å². The molecular weight excluding hydrogens is 212 g/mol. The van der Waals surface area contributed by atoms with Crippen LogP contribution in [0.1, 0.15) is 40.0 Å². The molecule has 1 saturated carbocycles. The van der Waals surface area contributed by atoms with Gasteiger partial charge in [-0.2, -0.15) is 0 Å². The van der Waals surface area contributed by atoms with Crippen LogP contribution in [0.4, 0.5) is 0 Å². The van der Waals surface area contributed by atoms with E-state index in [9.17, 15) is 0 Å². The molecular formula is C14H28N2O. The first-order valence-electron chi connectivity index (χ1n) is 7.26. The maximum atomic E-state index is 5.84. The molecule has 0 aromatic rings. The van der Waals surface area contributed by atoms with Gasteiger partial charge in [-0.25, -0.2) is 0 Å². The molecule has 0 bridgehead atoms. The van der Waals surface area contributed by atoms with Crippen LogP contribution in [0.5, 0.6) is 0 Å². The molecule has 2 rings (SSSR count). The van der Waals surface area contributed by atoms with Crippen molar-refractivity contribution in [3.63, 3.8) is 0 Å². The van der Waals surface area contributed by atoms with Crippen molar-refractivity contribution in [2.24, 2.45) is 5.92 Å². The van der Waals surface area contributed by atoms with Crippen LogP contribution in [0.3, 0.4) is 0 Å². The molecule has 2 fully saturated rings. The van der Waals surface area contributed by atoms with E-state index >= 15 is 0 Å². The van der Waals surface area contributed by atoms with Crippen LogP contribution in [-0.4, -0.2) is 49.3 Å². The molecule has 17 heavy (non-hydrogen) atoms. The van der Waals surface area contributed by atoms with Gasteiger partial charge in [-0.15, -0.1) is 0 Å². The van der Waals surface area contributed by atoms with Crippen LogP contribution >= 0.6 is 0 Å². The Hall–Kier alpha value is -0.120. The fourth-order valence-electron chi connectivity index (χ4n) is 2.76. The van der Waals surface area contributed by atoms with E-state index in [0.717, 1.165) is 32.2 Å². The van der Waals surface area contributed by atoms with Gasteiger partial charge in [-0.3, -0.25) is 4.90 Å². The SMILES string of the molecule is CC(NCC1CN(C(C)C)CCO1)C1CCC1. The molecule has 1 aliphatic heterocycles. The van der Waals surface area contributed by atoms with Gasteiger partial charge in [0.1, 0.15) is 0 Å². The maximum Gasteiger partial charge on any atom is 0.0826 e. The number of nitrogens with zero attached hydrogens (tertiary/aromatic N) is 1. The topological polar surface area (TPSA) is 24.5 Å². The van der Waals surface area contributed by atoms with E-state index in [0.29, 0.717) is 18.2 Å². The second kappa shape index (κ2) is 6.17. The zero-order valence-corrected chi connectivity index (χ0v) is 11.6. The Kier molecular flexibility index (Phi) is 4.83. The summed E-state index contributed by atoms with van der Waals surface area (Å²) in [6.07, 6.45) is 4.64. The van der Waals surface area contributed by atoms with Gasteiger partial charge in [-0.1, -0.05) is 6.42 Å². The van der Waals surface area contributed by atoms with E-state index in [1.807, 2.05) is 0 Å². The predicted octanol–water partition coefficient (Wildman–Crippen LogP) is 1.87. The normalized spacial score (nSPS) is 29.3. The van der Waals surface area contributed by atoms with Crippen molar-refractivity contribution < 1.29 is 4.74 Å². The summed E-state index contributed by atoms with van der Waals surface area (Å²) < 4.78 is 5.84. The van der Waals surface area contributed by atoms with Crippen molar-refractivity contribution in [3.05, 3.63) is 0 Å². The molecule has 0 aromatic heterocycles. The van der Waals surface area contributed by atoms with Gasteiger partial charge in [0.25, 0.3) is 0 Å². The lowest BCUT2D eigenvalue weighted by molar-refractivity contribution is -0.0390. The van der Waals surface area contributed by atoms with E-state index in [1.54, 1.807) is 0 Å². The Morgan fingerprint density at radius 3 is 2.65 bits per heavy atom. The highest BCUT2D eigenvalue weighted by Crippen LogP contribution is 2.29. The zero-order valence-electron chi connectivity index (χ0n) is 11.6. The van der Waals surface area contributed by atoms with Gasteiger partial charge in [0.15, 0.2) is 0 Å². The Morgan fingerprint density at radius 1 is 1.29 bits per heavy atom. The number of nitrogens with one attached hydrogen (secondary N) is 1. The highest BCUT2D eigenvalue weighted by atomic mass is 16.5. The minimum atomic E-state index is 0.383. The number of rotatable bonds is 5. The van der Waals surface area contributed by atoms with Crippen molar-refractivity contribution in [2.75, 3.05) is 26.2 Å². The number of morpholine rings is 1. The number of ether oxygens (including phenoxy) is 1. The Labute approximate surface area is 106 Å². The average Bonchev–Trinajstić information content (AvgIpc) is 2.24. The zero-order chi connectivity index (χ0) is 12.3. The van der Waals surface area contributed by atoms with Crippen LogP contribution in [0, 0.1) is 5.92 Å². The summed E-state index contributed by atoms with van der Waals surface area (Å²) in [5.41, 5.74) is 0. The average molecular weight is 240 g/mol. The fraction of sp³-hybridized carbons (Fsp3) is 1.00. The lowest BCUT2D eigenvalue weighted by Crippen LogP contribution is -2.51. The van der Waals surface area contributed by atoms with Crippen LogP contribution in [0.2, 0.25) is 0 Å². The molecule has 0 aromatic carbocycles. The number of hydrogen-bond donors (Lipinski definition) is 1. The third-order valence-corrected chi connectivity index (χ3v) is 4.42. The molecule has 0 spiro atoms. The minimum absolute atomic E-state index is 0.383. The summed E-state index contributed by atoms with van der Waals surface area (Å²) in [4.78, 5) is 2.52. The van der Waals surface area contributed by atoms with Gasteiger partial charge in [-0.05, 0) is 39.5 Å². The summed E-state index contributed by atoms with van der Waals surface area (Å²) in [7, 11) is 0. The van der Waals surface area contributed by atoms with Crippen molar-refractivity contribution in [1.82, 2.24) is 10.2 Å². The molecule has 1 saturated heterocycles. The quantitative estimate of drug-likeness (QED) is 0.794. The second-order valence-electron chi connectivity index (χ2n) is 5.97. The smallest absolute Gasteiger partial charge is 0.0826 e. The van der Waals surface area contributed by atoms with Gasteiger partial charge in [0, 0.05) is 31.7 Å². The van der Waals surface area contributed by atoms with Crippen LogP contribution in [-0.2, 0) is 4.74 Å². The number of hydrogen-bond acceptors (Lipinski definition) is 3. The summed E-state index contributed by atoms with van der Waals surface area (Å²) in [6, 6.07) is 1.31. The second-order valence-corrected chi connectivity index (χ2v) is 5.97. The van der Waals surface area contributed by atoms with Gasteiger partial charge in [0.2, 0.25) is 0 Å². The fourth-order valence-corrected chi connectivity index (χ4v) is 2.76. The van der Waals surface area contributed by atoms with E-state index in [4.69, 9.17) is 4.74 Å². The van der Waals surface area contributed by atoms with Crippen molar-refractivity contribution in [2.45, 2.75) is 58.2 Å². The van der Waals surface area contributed by atoms with Gasteiger partial charge >= 0.3 is 0 Å². The monoisotopic (exact) mass is 240 g/mol. The molecule has 1 aliphatic carbocycles. The third-order valence-electron chi connectivity index (χ3n) is 4.42. The van der Waals surface area contributed by atoms with Gasteiger partial charge < -0.3 is 10.1 Å². The molecule has 2 unspecified atom stereocenters. The van der Waals surface area contributed by atoms with Crippen LogP contribution in [0.15, 0.2) is 0 Å². The molecule has 3 nitrogen and oxygen atoms in total. The first-order chi connectivity index (χ1) is 8.16. The molecule has 3 heteroatoms. The van der Waals surface area contributed by atoms with Gasteiger partial charge in [0.05, 0.1) is 12.7 Å². The highest BCUT2D eigenvalue weighted by molar-refractivity contribution is 4.82. The predicted molar refractivity (Wildman–Crippen MR) is 71.3 cm³/mol. The minimum Gasteiger partial charge on any atom is -0.374 e. The summed E-state index contributed by atoms with van der Waals surface area (Å²) in [5.74, 6) is 0.916. The van der Waals surface area contributed by atoms with E-state index < -0.39 is 0 Å². The Balaban J connectivity index is 1.67. The highest BCUT2D eigenvalue weighted by Gasteiger charge is 2.26. The Morgan fingerprint density at radius 2 is 2.06 bits per heavy atom. The molecule has 0 radical (unpaired) electrons. The molecule has 100 valence electrons. The lowest BCUT2D eigenvalue weighted by Gasteiger charge is -2.37. The van der Waals surface area contributed by atoms with E-state index in [1.165, 1.54) is 19.3 Å². The first kappa shape index (κ1) is 13.3. The Bertz CT molecular complexity index is 228.